The monoisotopic (exact) mass is 353 g/mol. The highest BCUT2D eigenvalue weighted by molar-refractivity contribution is 5.96. The third kappa shape index (κ3) is 4.75. The minimum atomic E-state index is -4.46. The van der Waals surface area contributed by atoms with Crippen LogP contribution in [0.5, 0.6) is 0 Å². The number of amides is 1. The van der Waals surface area contributed by atoms with Gasteiger partial charge in [0.05, 0.1) is 16.8 Å². The van der Waals surface area contributed by atoms with Crippen molar-refractivity contribution in [1.82, 2.24) is 14.9 Å². The van der Waals surface area contributed by atoms with Crippen LogP contribution < -0.4 is 0 Å². The van der Waals surface area contributed by atoms with Crippen LogP contribution in [0, 0.1) is 6.92 Å². The molecule has 0 unspecified atom stereocenters. The average molecular weight is 353 g/mol. The number of alkyl halides is 3. The van der Waals surface area contributed by atoms with Gasteiger partial charge in [0.2, 0.25) is 0 Å². The Labute approximate surface area is 140 Å². The third-order valence-corrected chi connectivity index (χ3v) is 3.41. The first-order valence-electron chi connectivity index (χ1n) is 7.12. The van der Waals surface area contributed by atoms with Crippen LogP contribution in [0.15, 0.2) is 36.8 Å². The standard InChI is InChI=1S/C16H14F3N3O3/c1-10-13(6-20-9-21-10)15(25)22(8-14(23)24)7-11-2-4-12(5-3-11)16(17,18)19/h2-6,9H,7-8H2,1H3,(H,23,24). The van der Waals surface area contributed by atoms with Gasteiger partial charge < -0.3 is 10.0 Å². The third-order valence-electron chi connectivity index (χ3n) is 3.41. The Morgan fingerprint density at radius 1 is 1.20 bits per heavy atom. The predicted molar refractivity (Wildman–Crippen MR) is 80.6 cm³/mol. The number of carbonyl (C=O) groups excluding carboxylic acids is 1. The number of nitrogens with zero attached hydrogens (tertiary/aromatic N) is 3. The summed E-state index contributed by atoms with van der Waals surface area (Å²) in [7, 11) is 0. The fourth-order valence-corrected chi connectivity index (χ4v) is 2.15. The number of aryl methyl sites for hydroxylation is 1. The molecule has 1 amide bonds. The number of carboxylic acids is 1. The van der Waals surface area contributed by atoms with E-state index in [0.717, 1.165) is 17.0 Å². The van der Waals surface area contributed by atoms with Gasteiger partial charge in [0.25, 0.3) is 5.91 Å². The number of aliphatic carboxylic acids is 1. The molecule has 0 bridgehead atoms. The van der Waals surface area contributed by atoms with Gasteiger partial charge in [-0.05, 0) is 24.6 Å². The number of hydrogen-bond acceptors (Lipinski definition) is 4. The van der Waals surface area contributed by atoms with Gasteiger partial charge in [0, 0.05) is 12.7 Å². The first-order chi connectivity index (χ1) is 11.7. The molecule has 0 atom stereocenters. The molecule has 0 saturated carbocycles. The number of rotatable bonds is 5. The summed E-state index contributed by atoms with van der Waals surface area (Å²) in [5, 5.41) is 9.00. The first kappa shape index (κ1) is 18.4. The minimum absolute atomic E-state index is 0.135. The Morgan fingerprint density at radius 2 is 1.84 bits per heavy atom. The van der Waals surface area contributed by atoms with Crippen LogP contribution in [0.1, 0.15) is 27.2 Å². The van der Waals surface area contributed by atoms with E-state index in [1.807, 2.05) is 0 Å². The SMILES string of the molecule is Cc1ncncc1C(=O)N(CC(=O)O)Cc1ccc(C(F)(F)F)cc1. The van der Waals surface area contributed by atoms with Crippen molar-refractivity contribution in [3.05, 3.63) is 59.2 Å². The van der Waals surface area contributed by atoms with Gasteiger partial charge in [-0.1, -0.05) is 12.1 Å². The van der Waals surface area contributed by atoms with Crippen LogP contribution in [0.3, 0.4) is 0 Å². The largest absolute Gasteiger partial charge is 0.480 e. The van der Waals surface area contributed by atoms with E-state index in [0.29, 0.717) is 11.3 Å². The van der Waals surface area contributed by atoms with E-state index in [4.69, 9.17) is 5.11 Å². The topological polar surface area (TPSA) is 83.4 Å². The van der Waals surface area contributed by atoms with E-state index in [1.165, 1.54) is 24.7 Å². The molecule has 6 nitrogen and oxygen atoms in total. The molecule has 1 heterocycles. The maximum atomic E-state index is 12.6. The highest BCUT2D eigenvalue weighted by Crippen LogP contribution is 2.29. The van der Waals surface area contributed by atoms with Crippen molar-refractivity contribution in [3.8, 4) is 0 Å². The Hall–Kier alpha value is -2.97. The summed E-state index contributed by atoms with van der Waals surface area (Å²) in [6.07, 6.45) is -1.94. The molecule has 0 saturated heterocycles. The molecule has 1 aromatic heterocycles. The number of carbonyl (C=O) groups is 2. The molecule has 1 aromatic carbocycles. The van der Waals surface area contributed by atoms with Gasteiger partial charge >= 0.3 is 12.1 Å². The summed E-state index contributed by atoms with van der Waals surface area (Å²) in [5.41, 5.74) is 0.0650. The van der Waals surface area contributed by atoms with Gasteiger partial charge in [-0.15, -0.1) is 0 Å². The second kappa shape index (κ2) is 7.29. The molecule has 0 radical (unpaired) electrons. The van der Waals surface area contributed by atoms with Gasteiger partial charge in [-0.25, -0.2) is 9.97 Å². The lowest BCUT2D eigenvalue weighted by Crippen LogP contribution is -2.35. The Bertz CT molecular complexity index is 776. The fourth-order valence-electron chi connectivity index (χ4n) is 2.15. The quantitative estimate of drug-likeness (QED) is 0.893. The molecule has 25 heavy (non-hydrogen) atoms. The molecule has 0 fully saturated rings. The molecule has 2 rings (SSSR count). The lowest BCUT2D eigenvalue weighted by Gasteiger charge is -2.21. The number of halogens is 3. The highest BCUT2D eigenvalue weighted by atomic mass is 19.4. The van der Waals surface area contributed by atoms with E-state index in [2.05, 4.69) is 9.97 Å². The molecular weight excluding hydrogens is 339 g/mol. The van der Waals surface area contributed by atoms with Gasteiger partial charge in [0.1, 0.15) is 12.9 Å². The van der Waals surface area contributed by atoms with Crippen molar-refractivity contribution < 1.29 is 27.9 Å². The van der Waals surface area contributed by atoms with Crippen molar-refractivity contribution in [2.45, 2.75) is 19.6 Å². The Morgan fingerprint density at radius 3 is 2.36 bits per heavy atom. The molecule has 0 aliphatic heterocycles. The van der Waals surface area contributed by atoms with E-state index in [1.54, 1.807) is 6.92 Å². The molecule has 0 spiro atoms. The molecule has 0 aliphatic carbocycles. The Balaban J connectivity index is 2.25. The normalized spacial score (nSPS) is 11.2. The molecule has 1 N–H and O–H groups in total. The van der Waals surface area contributed by atoms with Crippen molar-refractivity contribution in [2.24, 2.45) is 0 Å². The minimum Gasteiger partial charge on any atom is -0.480 e. The lowest BCUT2D eigenvalue weighted by atomic mass is 10.1. The zero-order valence-corrected chi connectivity index (χ0v) is 13.1. The molecule has 0 aliphatic rings. The van der Waals surface area contributed by atoms with E-state index >= 15 is 0 Å². The van der Waals surface area contributed by atoms with Crippen LogP contribution in [0.2, 0.25) is 0 Å². The van der Waals surface area contributed by atoms with Gasteiger partial charge in [0.15, 0.2) is 0 Å². The van der Waals surface area contributed by atoms with Crippen molar-refractivity contribution in [2.75, 3.05) is 6.54 Å². The number of hydrogen-bond donors (Lipinski definition) is 1. The molecule has 132 valence electrons. The van der Waals surface area contributed by atoms with E-state index < -0.39 is 30.2 Å². The Kier molecular flexibility index (Phi) is 5.35. The molecular formula is C16H14F3N3O3. The predicted octanol–water partition coefficient (Wildman–Crippen LogP) is 2.53. The lowest BCUT2D eigenvalue weighted by molar-refractivity contribution is -0.138. The summed E-state index contributed by atoms with van der Waals surface area (Å²) < 4.78 is 37.8. The average Bonchev–Trinajstić information content (AvgIpc) is 2.53. The van der Waals surface area contributed by atoms with Crippen LogP contribution in [-0.2, 0) is 17.5 Å². The van der Waals surface area contributed by atoms with Crippen LogP contribution in [-0.4, -0.2) is 38.4 Å². The summed E-state index contributed by atoms with van der Waals surface area (Å²) in [6.45, 7) is 0.817. The van der Waals surface area contributed by atoms with Crippen molar-refractivity contribution >= 4 is 11.9 Å². The number of benzene rings is 1. The smallest absolute Gasteiger partial charge is 0.416 e. The number of aromatic nitrogens is 2. The van der Waals surface area contributed by atoms with Crippen LogP contribution in [0.25, 0.3) is 0 Å². The molecule has 9 heteroatoms. The van der Waals surface area contributed by atoms with Crippen molar-refractivity contribution in [1.29, 1.82) is 0 Å². The van der Waals surface area contributed by atoms with Gasteiger partial charge in [-0.2, -0.15) is 13.2 Å². The summed E-state index contributed by atoms with van der Waals surface area (Å²) in [5.74, 6) is -1.85. The van der Waals surface area contributed by atoms with E-state index in [-0.39, 0.29) is 12.1 Å². The highest BCUT2D eigenvalue weighted by Gasteiger charge is 2.30. The zero-order chi connectivity index (χ0) is 18.6. The van der Waals surface area contributed by atoms with Crippen LogP contribution in [0.4, 0.5) is 13.2 Å². The van der Waals surface area contributed by atoms with Crippen molar-refractivity contribution in [3.63, 3.8) is 0 Å². The van der Waals surface area contributed by atoms with Crippen LogP contribution >= 0.6 is 0 Å². The first-order valence-corrected chi connectivity index (χ1v) is 7.12. The second-order valence-electron chi connectivity index (χ2n) is 5.27. The van der Waals surface area contributed by atoms with E-state index in [9.17, 15) is 22.8 Å². The second-order valence-corrected chi connectivity index (χ2v) is 5.27. The summed E-state index contributed by atoms with van der Waals surface area (Å²) >= 11 is 0. The maximum Gasteiger partial charge on any atom is 0.416 e. The summed E-state index contributed by atoms with van der Waals surface area (Å²) in [4.78, 5) is 32.2. The maximum absolute atomic E-state index is 12.6. The van der Waals surface area contributed by atoms with Gasteiger partial charge in [-0.3, -0.25) is 9.59 Å². The fraction of sp³-hybridized carbons (Fsp3) is 0.250. The summed E-state index contributed by atoms with van der Waals surface area (Å²) in [6, 6.07) is 4.18. The zero-order valence-electron chi connectivity index (χ0n) is 13.1. The molecule has 2 aromatic rings. The number of carboxylic acid groups (broad SMARTS) is 1.